The lowest BCUT2D eigenvalue weighted by Gasteiger charge is -2.42. The van der Waals surface area contributed by atoms with Gasteiger partial charge in [-0.25, -0.2) is 13.2 Å². The monoisotopic (exact) mass is 413 g/mol. The molecule has 2 bridgehead atoms. The lowest BCUT2D eigenvalue weighted by molar-refractivity contribution is -0.127. The highest BCUT2D eigenvalue weighted by Crippen LogP contribution is 2.33. The first-order valence-corrected chi connectivity index (χ1v) is 10.1. The molecule has 3 fully saturated rings. The minimum atomic E-state index is -1.50. The number of hydrogen-bond donors (Lipinski definition) is 2. The molecule has 4 nitrogen and oxygen atoms in total. The van der Waals surface area contributed by atoms with Gasteiger partial charge in [-0.1, -0.05) is 24.3 Å². The molecule has 2 saturated heterocycles. The molecule has 2 unspecified atom stereocenters. The van der Waals surface area contributed by atoms with Crippen LogP contribution in [0.4, 0.5) is 13.2 Å². The van der Waals surface area contributed by atoms with Gasteiger partial charge in [0.15, 0.2) is 17.5 Å². The van der Waals surface area contributed by atoms with Crippen LogP contribution in [-0.4, -0.2) is 24.0 Å². The van der Waals surface area contributed by atoms with Crippen molar-refractivity contribution >= 4 is 5.91 Å². The number of fused-ring (bicyclic) bond motifs is 3. The van der Waals surface area contributed by atoms with E-state index in [4.69, 9.17) is 0 Å². The van der Waals surface area contributed by atoms with Gasteiger partial charge in [0.05, 0.1) is 12.1 Å². The number of nitrogens with one attached hydrogen (secondary N) is 2. The molecule has 0 radical (unpaired) electrons. The maximum atomic E-state index is 13.5. The van der Waals surface area contributed by atoms with Gasteiger partial charge in [-0.2, -0.15) is 5.26 Å². The number of amides is 1. The van der Waals surface area contributed by atoms with Gasteiger partial charge in [0.25, 0.3) is 0 Å². The second-order valence-electron chi connectivity index (χ2n) is 8.10. The zero-order valence-electron chi connectivity index (χ0n) is 16.3. The van der Waals surface area contributed by atoms with Gasteiger partial charge in [-0.05, 0) is 60.4 Å². The van der Waals surface area contributed by atoms with Crippen LogP contribution >= 0.6 is 0 Å². The van der Waals surface area contributed by atoms with E-state index in [0.717, 1.165) is 43.4 Å². The Bertz CT molecular complexity index is 955. The topological polar surface area (TPSA) is 64.9 Å². The van der Waals surface area contributed by atoms with E-state index < -0.39 is 23.5 Å². The Kier molecular flexibility index (Phi) is 5.78. The Morgan fingerprint density at radius 2 is 1.70 bits per heavy atom. The fourth-order valence-electron chi connectivity index (χ4n) is 4.48. The number of nitriles is 1. The number of halogens is 3. The summed E-state index contributed by atoms with van der Waals surface area (Å²) in [5.41, 5.74) is 1.55. The SMILES string of the molecule is N#CC(Cc1ccc(-c2cc(F)c(F)c(F)c2)cc1)NC(=O)C1NC2CCC1CC2. The zero-order valence-corrected chi connectivity index (χ0v) is 16.3. The van der Waals surface area contributed by atoms with Crippen molar-refractivity contribution in [3.8, 4) is 17.2 Å². The summed E-state index contributed by atoms with van der Waals surface area (Å²) < 4.78 is 40.1. The minimum Gasteiger partial charge on any atom is -0.339 e. The summed E-state index contributed by atoms with van der Waals surface area (Å²) in [5.74, 6) is -3.80. The van der Waals surface area contributed by atoms with Gasteiger partial charge >= 0.3 is 0 Å². The molecule has 0 spiro atoms. The second kappa shape index (κ2) is 8.49. The van der Waals surface area contributed by atoms with Crippen LogP contribution in [0.3, 0.4) is 0 Å². The average molecular weight is 413 g/mol. The first-order chi connectivity index (χ1) is 14.4. The normalized spacial score (nSPS) is 23.6. The Morgan fingerprint density at radius 1 is 1.07 bits per heavy atom. The fourth-order valence-corrected chi connectivity index (χ4v) is 4.48. The van der Waals surface area contributed by atoms with Crippen LogP contribution in [0, 0.1) is 34.7 Å². The molecule has 2 aromatic carbocycles. The maximum Gasteiger partial charge on any atom is 0.238 e. The zero-order chi connectivity index (χ0) is 21.3. The first kappa shape index (κ1) is 20.4. The molecule has 156 valence electrons. The van der Waals surface area contributed by atoms with E-state index in [1.165, 1.54) is 0 Å². The highest BCUT2D eigenvalue weighted by molar-refractivity contribution is 5.83. The fraction of sp³-hybridized carbons (Fsp3) is 0.391. The van der Waals surface area contributed by atoms with Gasteiger partial charge in [-0.3, -0.25) is 4.79 Å². The number of benzene rings is 2. The first-order valence-electron chi connectivity index (χ1n) is 10.1. The molecule has 1 saturated carbocycles. The van der Waals surface area contributed by atoms with E-state index in [0.29, 0.717) is 23.9 Å². The second-order valence-corrected chi connectivity index (χ2v) is 8.10. The summed E-state index contributed by atoms with van der Waals surface area (Å²) in [6, 6.07) is 10.3. The average Bonchev–Trinajstić information content (AvgIpc) is 2.77. The van der Waals surface area contributed by atoms with Crippen molar-refractivity contribution in [2.24, 2.45) is 5.92 Å². The van der Waals surface area contributed by atoms with Crippen LogP contribution in [0.5, 0.6) is 0 Å². The van der Waals surface area contributed by atoms with Crippen molar-refractivity contribution in [3.05, 3.63) is 59.4 Å². The van der Waals surface area contributed by atoms with E-state index in [2.05, 4.69) is 16.7 Å². The molecule has 1 aliphatic carbocycles. The molecular weight excluding hydrogens is 391 g/mol. The van der Waals surface area contributed by atoms with Crippen molar-refractivity contribution in [2.45, 2.75) is 50.2 Å². The number of carbonyl (C=O) groups excluding carboxylic acids is 1. The summed E-state index contributed by atoms with van der Waals surface area (Å²) >= 11 is 0. The Labute approximate surface area is 173 Å². The summed E-state index contributed by atoms with van der Waals surface area (Å²) in [6.45, 7) is 0. The molecule has 2 atom stereocenters. The van der Waals surface area contributed by atoms with Crippen LogP contribution in [0.1, 0.15) is 31.2 Å². The molecule has 2 aliphatic heterocycles. The molecule has 0 aromatic heterocycles. The summed E-state index contributed by atoms with van der Waals surface area (Å²) in [7, 11) is 0. The van der Waals surface area contributed by atoms with E-state index in [1.807, 2.05) is 0 Å². The minimum absolute atomic E-state index is 0.134. The smallest absolute Gasteiger partial charge is 0.238 e. The molecule has 1 amide bonds. The van der Waals surface area contributed by atoms with Crippen LogP contribution < -0.4 is 10.6 Å². The van der Waals surface area contributed by atoms with Gasteiger partial charge in [0.1, 0.15) is 6.04 Å². The van der Waals surface area contributed by atoms with Gasteiger partial charge < -0.3 is 10.6 Å². The Morgan fingerprint density at radius 3 is 2.23 bits per heavy atom. The van der Waals surface area contributed by atoms with Crippen LogP contribution in [-0.2, 0) is 11.2 Å². The quantitative estimate of drug-likeness (QED) is 0.732. The van der Waals surface area contributed by atoms with E-state index >= 15 is 0 Å². The van der Waals surface area contributed by atoms with Crippen LogP contribution in [0.2, 0.25) is 0 Å². The van der Waals surface area contributed by atoms with Crippen molar-refractivity contribution in [3.63, 3.8) is 0 Å². The van der Waals surface area contributed by atoms with Crippen molar-refractivity contribution < 1.29 is 18.0 Å². The van der Waals surface area contributed by atoms with Crippen molar-refractivity contribution in [1.82, 2.24) is 10.6 Å². The molecule has 5 rings (SSSR count). The van der Waals surface area contributed by atoms with Gasteiger partial charge in [0, 0.05) is 12.5 Å². The van der Waals surface area contributed by atoms with Crippen molar-refractivity contribution in [1.29, 1.82) is 5.26 Å². The molecule has 2 heterocycles. The van der Waals surface area contributed by atoms with E-state index in [-0.39, 0.29) is 17.5 Å². The summed E-state index contributed by atoms with van der Waals surface area (Å²) in [6.07, 6.45) is 4.60. The molecule has 7 heteroatoms. The van der Waals surface area contributed by atoms with E-state index in [9.17, 15) is 23.2 Å². The molecule has 2 aromatic rings. The summed E-state index contributed by atoms with van der Waals surface area (Å²) in [4.78, 5) is 12.7. The van der Waals surface area contributed by atoms with Crippen LogP contribution in [0.15, 0.2) is 36.4 Å². The lowest BCUT2D eigenvalue weighted by atomic mass is 9.76. The molecule has 2 N–H and O–H groups in total. The standard InChI is InChI=1S/C23H22F3N3O/c24-19-10-16(11-20(25)21(19)26)14-3-1-13(2-4-14)9-18(12-27)29-23(30)22-15-5-7-17(28-22)8-6-15/h1-4,10-11,15,17-18,22,28H,5-9H2,(H,29,30). The van der Waals surface area contributed by atoms with E-state index in [1.54, 1.807) is 24.3 Å². The van der Waals surface area contributed by atoms with Gasteiger partial charge in [0.2, 0.25) is 5.91 Å². The Balaban J connectivity index is 1.40. The number of nitrogens with zero attached hydrogens (tertiary/aromatic N) is 1. The highest BCUT2D eigenvalue weighted by atomic mass is 19.2. The predicted octanol–water partition coefficient (Wildman–Crippen LogP) is 3.85. The van der Waals surface area contributed by atoms with Gasteiger partial charge in [-0.15, -0.1) is 0 Å². The highest BCUT2D eigenvalue weighted by Gasteiger charge is 2.39. The predicted molar refractivity (Wildman–Crippen MR) is 106 cm³/mol. The molecular formula is C23H22F3N3O. The molecule has 3 aliphatic rings. The molecule has 30 heavy (non-hydrogen) atoms. The van der Waals surface area contributed by atoms with Crippen LogP contribution in [0.25, 0.3) is 11.1 Å². The Hall–Kier alpha value is -2.85. The largest absolute Gasteiger partial charge is 0.339 e. The number of hydrogen-bond acceptors (Lipinski definition) is 3. The third kappa shape index (κ3) is 4.19. The number of piperidine rings is 2. The third-order valence-corrected chi connectivity index (χ3v) is 6.12. The number of rotatable bonds is 5. The summed E-state index contributed by atoms with van der Waals surface area (Å²) in [5, 5.41) is 15.7. The third-order valence-electron chi connectivity index (χ3n) is 6.12. The number of carbonyl (C=O) groups is 1. The lowest BCUT2D eigenvalue weighted by Crippen LogP contribution is -2.59. The maximum absolute atomic E-state index is 13.5. The van der Waals surface area contributed by atoms with Crippen molar-refractivity contribution in [2.75, 3.05) is 0 Å².